The summed E-state index contributed by atoms with van der Waals surface area (Å²) in [5.74, 6) is 0.210. The molecule has 1 amide bonds. The number of hydrogen-bond donors (Lipinski definition) is 2. The van der Waals surface area contributed by atoms with E-state index in [-0.39, 0.29) is 29.3 Å². The quantitative estimate of drug-likeness (QED) is 0.771. The van der Waals surface area contributed by atoms with Gasteiger partial charge >= 0.3 is 12.3 Å². The fourth-order valence-corrected chi connectivity index (χ4v) is 3.97. The average Bonchev–Trinajstić information content (AvgIpc) is 2.60. The number of fused-ring (bicyclic) bond motifs is 1. The van der Waals surface area contributed by atoms with Crippen molar-refractivity contribution in [1.29, 1.82) is 0 Å². The Morgan fingerprint density at radius 3 is 2.62 bits per heavy atom. The molecule has 0 saturated carbocycles. The number of benzene rings is 1. The smallest absolute Gasteiger partial charge is 0.405 e. The topological polar surface area (TPSA) is 87.5 Å². The summed E-state index contributed by atoms with van der Waals surface area (Å²) < 4.78 is 39.3. The zero-order valence-electron chi connectivity index (χ0n) is 15.5. The number of amides is 1. The molecule has 2 aromatic rings. The van der Waals surface area contributed by atoms with Gasteiger partial charge in [-0.2, -0.15) is 13.2 Å². The van der Waals surface area contributed by atoms with Gasteiger partial charge in [-0.25, -0.2) is 9.78 Å². The molecule has 1 unspecified atom stereocenters. The molecular weight excluding hydrogens is 413 g/mol. The molecule has 1 saturated heterocycles. The number of nitrogens with one attached hydrogen (secondary N) is 1. The summed E-state index contributed by atoms with van der Waals surface area (Å²) >= 11 is 6.19. The van der Waals surface area contributed by atoms with Gasteiger partial charge in [0.15, 0.2) is 0 Å². The number of carboxylic acid groups (broad SMARTS) is 1. The van der Waals surface area contributed by atoms with Crippen molar-refractivity contribution in [1.82, 2.24) is 19.8 Å². The lowest BCUT2D eigenvalue weighted by Crippen LogP contribution is -2.43. The highest BCUT2D eigenvalue weighted by atomic mass is 35.5. The largest absolute Gasteiger partial charge is 0.465 e. The van der Waals surface area contributed by atoms with E-state index in [0.717, 1.165) is 0 Å². The summed E-state index contributed by atoms with van der Waals surface area (Å²) in [4.78, 5) is 30.1. The van der Waals surface area contributed by atoms with E-state index < -0.39 is 36.5 Å². The Bertz CT molecular complexity index is 971. The molecule has 2 heterocycles. The number of likely N-dealkylation sites (tertiary alicyclic amines) is 1. The first-order chi connectivity index (χ1) is 13.6. The first-order valence-corrected chi connectivity index (χ1v) is 9.44. The SMILES string of the molecule is CC(NC(=O)O)c1nc2cccc(Cl)c2c(=O)n1C1CCN(CC(F)(F)F)CC1. The molecule has 3 rings (SSSR count). The second kappa shape index (κ2) is 8.19. The first-order valence-electron chi connectivity index (χ1n) is 9.06. The Kier molecular flexibility index (Phi) is 6.04. The van der Waals surface area contributed by atoms with Crippen molar-refractivity contribution in [3.63, 3.8) is 0 Å². The zero-order valence-corrected chi connectivity index (χ0v) is 16.3. The molecule has 0 spiro atoms. The molecule has 11 heteroatoms. The van der Waals surface area contributed by atoms with Gasteiger partial charge < -0.3 is 10.4 Å². The van der Waals surface area contributed by atoms with Crippen LogP contribution in [0, 0.1) is 0 Å². The minimum absolute atomic E-state index is 0.164. The summed E-state index contributed by atoms with van der Waals surface area (Å²) in [5.41, 5.74) is -0.0915. The highest BCUT2D eigenvalue weighted by Crippen LogP contribution is 2.28. The number of alkyl halides is 3. The Balaban J connectivity index is 2.01. The summed E-state index contributed by atoms with van der Waals surface area (Å²) in [6.07, 6.45) is -4.95. The van der Waals surface area contributed by atoms with E-state index in [4.69, 9.17) is 16.7 Å². The van der Waals surface area contributed by atoms with Crippen LogP contribution in [0.3, 0.4) is 0 Å². The molecule has 29 heavy (non-hydrogen) atoms. The Morgan fingerprint density at radius 1 is 1.38 bits per heavy atom. The van der Waals surface area contributed by atoms with Crippen LogP contribution in [0.5, 0.6) is 0 Å². The maximum absolute atomic E-state index is 13.2. The maximum Gasteiger partial charge on any atom is 0.405 e. The highest BCUT2D eigenvalue weighted by Gasteiger charge is 2.34. The molecule has 0 radical (unpaired) electrons. The summed E-state index contributed by atoms with van der Waals surface area (Å²) in [6, 6.07) is 3.60. The van der Waals surface area contributed by atoms with Crippen molar-refractivity contribution in [2.24, 2.45) is 0 Å². The van der Waals surface area contributed by atoms with Crippen LogP contribution in [0.2, 0.25) is 5.02 Å². The molecule has 0 aliphatic carbocycles. The lowest BCUT2D eigenvalue weighted by molar-refractivity contribution is -0.148. The zero-order chi connectivity index (χ0) is 21.3. The molecule has 1 fully saturated rings. The van der Waals surface area contributed by atoms with E-state index in [1.807, 2.05) is 0 Å². The molecule has 7 nitrogen and oxygen atoms in total. The first kappa shape index (κ1) is 21.4. The van der Waals surface area contributed by atoms with Crippen LogP contribution in [0.15, 0.2) is 23.0 Å². The summed E-state index contributed by atoms with van der Waals surface area (Å²) in [7, 11) is 0. The van der Waals surface area contributed by atoms with Crippen molar-refractivity contribution >= 4 is 28.6 Å². The number of nitrogens with zero attached hydrogens (tertiary/aromatic N) is 3. The van der Waals surface area contributed by atoms with Crippen LogP contribution >= 0.6 is 11.6 Å². The normalized spacial score (nSPS) is 17.4. The Morgan fingerprint density at radius 2 is 2.03 bits per heavy atom. The van der Waals surface area contributed by atoms with E-state index >= 15 is 0 Å². The van der Waals surface area contributed by atoms with Gasteiger partial charge in [-0.1, -0.05) is 17.7 Å². The van der Waals surface area contributed by atoms with Crippen molar-refractivity contribution in [2.75, 3.05) is 19.6 Å². The third-order valence-electron chi connectivity index (χ3n) is 4.96. The number of halogens is 4. The number of piperidine rings is 1. The molecule has 1 aromatic carbocycles. The minimum Gasteiger partial charge on any atom is -0.465 e. The molecule has 158 valence electrons. The monoisotopic (exact) mass is 432 g/mol. The second-order valence-corrected chi connectivity index (χ2v) is 7.48. The third-order valence-corrected chi connectivity index (χ3v) is 5.27. The van der Waals surface area contributed by atoms with E-state index in [2.05, 4.69) is 10.3 Å². The molecule has 2 N–H and O–H groups in total. The van der Waals surface area contributed by atoms with Crippen LogP contribution in [-0.4, -0.2) is 51.5 Å². The summed E-state index contributed by atoms with van der Waals surface area (Å²) in [5, 5.41) is 11.8. The molecule has 1 aliphatic heterocycles. The van der Waals surface area contributed by atoms with Crippen LogP contribution in [0.25, 0.3) is 10.9 Å². The molecule has 1 aliphatic rings. The van der Waals surface area contributed by atoms with Gasteiger partial charge in [-0.15, -0.1) is 0 Å². The second-order valence-electron chi connectivity index (χ2n) is 7.07. The highest BCUT2D eigenvalue weighted by molar-refractivity contribution is 6.35. The fraction of sp³-hybridized carbons (Fsp3) is 0.500. The van der Waals surface area contributed by atoms with Crippen molar-refractivity contribution in [2.45, 2.75) is 38.0 Å². The van der Waals surface area contributed by atoms with Crippen molar-refractivity contribution in [3.05, 3.63) is 39.4 Å². The van der Waals surface area contributed by atoms with Gasteiger partial charge in [-0.05, 0) is 31.9 Å². The minimum atomic E-state index is -4.28. The van der Waals surface area contributed by atoms with Gasteiger partial charge in [0, 0.05) is 19.1 Å². The van der Waals surface area contributed by atoms with Gasteiger partial charge in [0.05, 0.1) is 28.5 Å². The number of aromatic nitrogens is 2. The van der Waals surface area contributed by atoms with Crippen molar-refractivity contribution < 1.29 is 23.1 Å². The number of rotatable bonds is 4. The van der Waals surface area contributed by atoms with Crippen LogP contribution in [-0.2, 0) is 0 Å². The Hall–Kier alpha value is -2.33. The van der Waals surface area contributed by atoms with Gasteiger partial charge in [0.25, 0.3) is 5.56 Å². The number of hydrogen-bond acceptors (Lipinski definition) is 4. The van der Waals surface area contributed by atoms with E-state index in [9.17, 15) is 22.8 Å². The summed E-state index contributed by atoms with van der Waals surface area (Å²) in [6.45, 7) is 0.885. The average molecular weight is 433 g/mol. The fourth-order valence-electron chi connectivity index (χ4n) is 3.72. The van der Waals surface area contributed by atoms with Gasteiger partial charge in [0.1, 0.15) is 5.82 Å². The standard InChI is InChI=1S/C18H20ClF3N4O3/c1-10(23-17(28)29)15-24-13-4-2-3-12(19)14(13)16(27)26(15)11-5-7-25(8-6-11)9-18(20,21)22/h2-4,10-11,23H,5-9H2,1H3,(H,28,29). The van der Waals surface area contributed by atoms with E-state index in [1.54, 1.807) is 25.1 Å². The Labute approximate surface area is 169 Å². The van der Waals surface area contributed by atoms with Gasteiger partial charge in [0.2, 0.25) is 0 Å². The third kappa shape index (κ3) is 4.81. The lowest BCUT2D eigenvalue weighted by Gasteiger charge is -2.34. The van der Waals surface area contributed by atoms with Crippen LogP contribution in [0.4, 0.5) is 18.0 Å². The van der Waals surface area contributed by atoms with E-state index in [0.29, 0.717) is 18.4 Å². The molecule has 0 bridgehead atoms. The van der Waals surface area contributed by atoms with Gasteiger partial charge in [-0.3, -0.25) is 14.3 Å². The predicted octanol–water partition coefficient (Wildman–Crippen LogP) is 3.58. The van der Waals surface area contributed by atoms with Crippen molar-refractivity contribution in [3.8, 4) is 0 Å². The maximum atomic E-state index is 13.2. The molecule has 1 aromatic heterocycles. The molecular formula is C18H20ClF3N4O3. The lowest BCUT2D eigenvalue weighted by atomic mass is 10.0. The predicted molar refractivity (Wildman–Crippen MR) is 101 cm³/mol. The number of carbonyl (C=O) groups is 1. The molecule has 1 atom stereocenters. The van der Waals surface area contributed by atoms with Crippen LogP contribution < -0.4 is 10.9 Å². The van der Waals surface area contributed by atoms with Crippen LogP contribution in [0.1, 0.15) is 37.7 Å². The van der Waals surface area contributed by atoms with E-state index in [1.165, 1.54) is 9.47 Å².